The van der Waals surface area contributed by atoms with E-state index in [9.17, 15) is 5.11 Å². The fraction of sp³-hybridized carbons (Fsp3) is 0.556. The van der Waals surface area contributed by atoms with E-state index in [0.29, 0.717) is 5.92 Å². The molecule has 0 aliphatic carbocycles. The van der Waals surface area contributed by atoms with Crippen LogP contribution in [0.5, 0.6) is 0 Å². The number of aliphatic hydroxyl groups is 1. The number of rotatable bonds is 7. The van der Waals surface area contributed by atoms with E-state index in [1.54, 1.807) is 0 Å². The van der Waals surface area contributed by atoms with Crippen molar-refractivity contribution in [2.45, 2.75) is 51.3 Å². The van der Waals surface area contributed by atoms with Crippen molar-refractivity contribution in [3.8, 4) is 0 Å². The molecule has 1 aromatic carbocycles. The third-order valence-electron chi connectivity index (χ3n) is 4.10. The second-order valence-electron chi connectivity index (χ2n) is 6.45. The van der Waals surface area contributed by atoms with E-state index < -0.39 is 0 Å². The summed E-state index contributed by atoms with van der Waals surface area (Å²) in [6.07, 6.45) is 4.66. The molecule has 2 unspecified atom stereocenters. The predicted molar refractivity (Wildman–Crippen MR) is 85.6 cm³/mol. The summed E-state index contributed by atoms with van der Waals surface area (Å²) < 4.78 is 0. The van der Waals surface area contributed by atoms with Crippen LogP contribution in [0, 0.1) is 5.92 Å². The fourth-order valence-electron chi connectivity index (χ4n) is 3.39. The van der Waals surface area contributed by atoms with Crippen molar-refractivity contribution >= 4 is 0 Å². The molecule has 0 bridgehead atoms. The summed E-state index contributed by atoms with van der Waals surface area (Å²) in [6, 6.07) is 10.3. The second kappa shape index (κ2) is 7.21. The minimum Gasteiger partial charge on any atom is -0.394 e. The predicted octanol–water partition coefficient (Wildman–Crippen LogP) is 3.55. The van der Waals surface area contributed by atoms with Crippen LogP contribution in [0.1, 0.15) is 38.7 Å². The molecule has 2 rings (SSSR count). The quantitative estimate of drug-likeness (QED) is 0.779. The van der Waals surface area contributed by atoms with Crippen molar-refractivity contribution < 1.29 is 9.94 Å². The van der Waals surface area contributed by atoms with Gasteiger partial charge in [0, 0.05) is 6.54 Å². The molecule has 0 saturated carbocycles. The van der Waals surface area contributed by atoms with Crippen LogP contribution in [0.25, 0.3) is 0 Å². The zero-order chi connectivity index (χ0) is 15.3. The molecule has 1 N–H and O–H groups in total. The van der Waals surface area contributed by atoms with Crippen molar-refractivity contribution in [3.05, 3.63) is 48.6 Å². The minimum absolute atomic E-state index is 0.0564. The molecule has 3 heteroatoms. The van der Waals surface area contributed by atoms with E-state index in [1.165, 1.54) is 5.56 Å². The zero-order valence-electron chi connectivity index (χ0n) is 13.2. The van der Waals surface area contributed by atoms with Crippen molar-refractivity contribution in [2.75, 3.05) is 6.61 Å². The lowest BCUT2D eigenvalue weighted by Crippen LogP contribution is -2.43. The molecule has 1 fully saturated rings. The monoisotopic (exact) mass is 289 g/mol. The van der Waals surface area contributed by atoms with E-state index in [0.717, 1.165) is 25.8 Å². The van der Waals surface area contributed by atoms with Gasteiger partial charge in [-0.05, 0) is 30.7 Å². The Labute approximate surface area is 128 Å². The first-order chi connectivity index (χ1) is 10.1. The van der Waals surface area contributed by atoms with E-state index in [4.69, 9.17) is 4.84 Å². The van der Waals surface area contributed by atoms with Crippen LogP contribution >= 0.6 is 0 Å². The number of benzene rings is 1. The average Bonchev–Trinajstić information content (AvgIpc) is 2.77. The topological polar surface area (TPSA) is 32.7 Å². The van der Waals surface area contributed by atoms with E-state index in [1.807, 2.05) is 24.3 Å². The molecule has 1 aliphatic rings. The zero-order valence-corrected chi connectivity index (χ0v) is 13.2. The molecule has 1 heterocycles. The van der Waals surface area contributed by atoms with Crippen LogP contribution in [-0.4, -0.2) is 28.4 Å². The van der Waals surface area contributed by atoms with Crippen LogP contribution < -0.4 is 0 Å². The maximum Gasteiger partial charge on any atom is 0.104 e. The molecule has 2 atom stereocenters. The number of hydroxylamine groups is 2. The summed E-state index contributed by atoms with van der Waals surface area (Å²) in [7, 11) is 0. The smallest absolute Gasteiger partial charge is 0.104 e. The van der Waals surface area contributed by atoms with Crippen molar-refractivity contribution in [1.82, 2.24) is 5.06 Å². The summed E-state index contributed by atoms with van der Waals surface area (Å²) in [5, 5.41) is 11.6. The highest BCUT2D eigenvalue weighted by Gasteiger charge is 2.46. The molecule has 0 aromatic heterocycles. The van der Waals surface area contributed by atoms with Gasteiger partial charge in [0.15, 0.2) is 0 Å². The van der Waals surface area contributed by atoms with E-state index in [-0.39, 0.29) is 18.2 Å². The van der Waals surface area contributed by atoms with Crippen LogP contribution in [0.2, 0.25) is 0 Å². The fourth-order valence-corrected chi connectivity index (χ4v) is 3.39. The minimum atomic E-state index is -0.104. The van der Waals surface area contributed by atoms with Gasteiger partial charge in [-0.25, -0.2) is 0 Å². The Bertz CT molecular complexity index is 446. The van der Waals surface area contributed by atoms with Gasteiger partial charge in [0.1, 0.15) is 6.10 Å². The van der Waals surface area contributed by atoms with Gasteiger partial charge in [-0.2, -0.15) is 5.06 Å². The molecular weight excluding hydrogens is 262 g/mol. The van der Waals surface area contributed by atoms with Gasteiger partial charge >= 0.3 is 0 Å². The Morgan fingerprint density at radius 2 is 2.14 bits per heavy atom. The summed E-state index contributed by atoms with van der Waals surface area (Å²) in [5.41, 5.74) is 1.17. The van der Waals surface area contributed by atoms with E-state index in [2.05, 4.69) is 37.6 Å². The standard InChI is InChI=1S/C18H27NO2/c1-4-10-18(11-15(2)3)12-17(14-20)21-19(18)13-16-8-6-5-7-9-16/h4-9,15,17,20H,1,10-14H2,2-3H3. The van der Waals surface area contributed by atoms with Crippen LogP contribution in [0.15, 0.2) is 43.0 Å². The van der Waals surface area contributed by atoms with E-state index >= 15 is 0 Å². The first-order valence-electron chi connectivity index (χ1n) is 7.80. The van der Waals surface area contributed by atoms with Crippen LogP contribution in [0.3, 0.4) is 0 Å². The van der Waals surface area contributed by atoms with Crippen molar-refractivity contribution in [3.63, 3.8) is 0 Å². The maximum atomic E-state index is 9.51. The number of nitrogens with zero attached hydrogens (tertiary/aromatic N) is 1. The summed E-state index contributed by atoms with van der Waals surface area (Å²) in [6.45, 7) is 9.21. The molecule has 0 amide bonds. The van der Waals surface area contributed by atoms with Crippen LogP contribution in [0.4, 0.5) is 0 Å². The normalized spacial score (nSPS) is 26.4. The Kier molecular flexibility index (Phi) is 5.57. The Morgan fingerprint density at radius 3 is 2.71 bits per heavy atom. The van der Waals surface area contributed by atoms with Crippen LogP contribution in [-0.2, 0) is 11.4 Å². The number of hydrogen-bond acceptors (Lipinski definition) is 3. The van der Waals surface area contributed by atoms with Gasteiger partial charge in [-0.1, -0.05) is 50.3 Å². The Morgan fingerprint density at radius 1 is 1.43 bits per heavy atom. The average molecular weight is 289 g/mol. The Hall–Kier alpha value is -1.16. The Balaban J connectivity index is 2.22. The van der Waals surface area contributed by atoms with Gasteiger partial charge in [0.25, 0.3) is 0 Å². The largest absolute Gasteiger partial charge is 0.394 e. The van der Waals surface area contributed by atoms with Gasteiger partial charge < -0.3 is 5.11 Å². The maximum absolute atomic E-state index is 9.51. The molecule has 0 spiro atoms. The molecule has 0 radical (unpaired) electrons. The highest BCUT2D eigenvalue weighted by molar-refractivity contribution is 5.15. The lowest BCUT2D eigenvalue weighted by atomic mass is 9.81. The van der Waals surface area contributed by atoms with Gasteiger partial charge in [-0.3, -0.25) is 4.84 Å². The summed E-state index contributed by atoms with van der Waals surface area (Å²) in [5.74, 6) is 0.573. The van der Waals surface area contributed by atoms with Gasteiger partial charge in [-0.15, -0.1) is 6.58 Å². The highest BCUT2D eigenvalue weighted by atomic mass is 16.7. The number of aliphatic hydroxyl groups excluding tert-OH is 1. The lowest BCUT2D eigenvalue weighted by molar-refractivity contribution is -0.203. The van der Waals surface area contributed by atoms with Crippen molar-refractivity contribution in [1.29, 1.82) is 0 Å². The SMILES string of the molecule is C=CCC1(CC(C)C)CC(CO)ON1Cc1ccccc1. The molecule has 1 saturated heterocycles. The first-order valence-corrected chi connectivity index (χ1v) is 7.80. The second-order valence-corrected chi connectivity index (χ2v) is 6.45. The third kappa shape index (κ3) is 3.94. The van der Waals surface area contributed by atoms with Gasteiger partial charge in [0.05, 0.1) is 12.1 Å². The molecule has 3 nitrogen and oxygen atoms in total. The third-order valence-corrected chi connectivity index (χ3v) is 4.10. The molecule has 1 aromatic rings. The first kappa shape index (κ1) is 16.2. The molecular formula is C18H27NO2. The molecule has 116 valence electrons. The molecule has 21 heavy (non-hydrogen) atoms. The van der Waals surface area contributed by atoms with Crippen molar-refractivity contribution in [2.24, 2.45) is 5.92 Å². The van der Waals surface area contributed by atoms with Gasteiger partial charge in [0.2, 0.25) is 0 Å². The highest BCUT2D eigenvalue weighted by Crippen LogP contribution is 2.40. The summed E-state index contributed by atoms with van der Waals surface area (Å²) in [4.78, 5) is 6.02. The number of hydrogen-bond donors (Lipinski definition) is 1. The lowest BCUT2D eigenvalue weighted by Gasteiger charge is -2.37. The summed E-state index contributed by atoms with van der Waals surface area (Å²) >= 11 is 0. The molecule has 1 aliphatic heterocycles.